The first kappa shape index (κ1) is 15.6. The number of alkyl halides is 1. The van der Waals surface area contributed by atoms with Crippen molar-refractivity contribution in [1.29, 1.82) is 0 Å². The van der Waals surface area contributed by atoms with E-state index in [-0.39, 0.29) is 5.92 Å². The van der Waals surface area contributed by atoms with Gasteiger partial charge in [0.1, 0.15) is 9.84 Å². The second-order valence-corrected chi connectivity index (χ2v) is 7.50. The zero-order chi connectivity index (χ0) is 12.1. The fraction of sp³-hybridized carbons (Fsp3) is 1.00. The van der Waals surface area contributed by atoms with Crippen LogP contribution in [-0.2, 0) is 9.84 Å². The van der Waals surface area contributed by atoms with Gasteiger partial charge in [0.05, 0.1) is 5.75 Å². The van der Waals surface area contributed by atoms with Crippen LogP contribution in [-0.4, -0.2) is 50.4 Å². The zero-order valence-corrected chi connectivity index (χ0v) is 13.0. The van der Waals surface area contributed by atoms with Crippen LogP contribution in [0.3, 0.4) is 0 Å². The lowest BCUT2D eigenvalue weighted by Gasteiger charge is -2.26. The van der Waals surface area contributed by atoms with Crippen LogP contribution in [0.25, 0.3) is 0 Å². The molecule has 15 heavy (non-hydrogen) atoms. The van der Waals surface area contributed by atoms with Crippen LogP contribution in [0.2, 0.25) is 0 Å². The van der Waals surface area contributed by atoms with Gasteiger partial charge in [-0.3, -0.25) is 0 Å². The highest BCUT2D eigenvalue weighted by molar-refractivity contribution is 14.1. The van der Waals surface area contributed by atoms with E-state index in [4.69, 9.17) is 0 Å². The SMILES string of the molecule is CCC(CN(C)C)C(CI)CS(C)(=O)=O. The van der Waals surface area contributed by atoms with Crippen LogP contribution < -0.4 is 0 Å². The summed E-state index contributed by atoms with van der Waals surface area (Å²) in [4.78, 5) is 2.13. The Morgan fingerprint density at radius 1 is 1.27 bits per heavy atom. The van der Waals surface area contributed by atoms with E-state index in [9.17, 15) is 8.42 Å². The van der Waals surface area contributed by atoms with Crippen molar-refractivity contribution in [2.45, 2.75) is 13.3 Å². The topological polar surface area (TPSA) is 37.4 Å². The molecule has 0 radical (unpaired) electrons. The van der Waals surface area contributed by atoms with Gasteiger partial charge in [-0.15, -0.1) is 0 Å². The second-order valence-electron chi connectivity index (χ2n) is 4.44. The number of nitrogens with zero attached hydrogens (tertiary/aromatic N) is 1. The van der Waals surface area contributed by atoms with Crippen LogP contribution in [0.5, 0.6) is 0 Å². The van der Waals surface area contributed by atoms with Crippen molar-refractivity contribution < 1.29 is 8.42 Å². The molecule has 2 atom stereocenters. The summed E-state index contributed by atoms with van der Waals surface area (Å²) in [7, 11) is 1.22. The maximum absolute atomic E-state index is 11.3. The van der Waals surface area contributed by atoms with Gasteiger partial charge < -0.3 is 4.90 Å². The van der Waals surface area contributed by atoms with Gasteiger partial charge in [0.15, 0.2) is 0 Å². The molecule has 0 aromatic heterocycles. The molecule has 0 aromatic rings. The summed E-state index contributed by atoms with van der Waals surface area (Å²) in [5, 5.41) is 0. The first-order valence-electron chi connectivity index (χ1n) is 5.18. The van der Waals surface area contributed by atoms with E-state index in [1.165, 1.54) is 6.26 Å². The predicted octanol–water partition coefficient (Wildman–Crippen LogP) is 1.67. The lowest BCUT2D eigenvalue weighted by atomic mass is 9.93. The molecule has 5 heteroatoms. The standard InChI is InChI=1S/C10H22INO2S/c1-5-9(7-12(2)3)10(6-11)8-15(4,13)14/h9-10H,5-8H2,1-4H3. The monoisotopic (exact) mass is 347 g/mol. The lowest BCUT2D eigenvalue weighted by Crippen LogP contribution is -2.32. The van der Waals surface area contributed by atoms with Gasteiger partial charge in [0, 0.05) is 17.2 Å². The smallest absolute Gasteiger partial charge is 0.147 e. The van der Waals surface area contributed by atoms with Gasteiger partial charge in [0.2, 0.25) is 0 Å². The molecular weight excluding hydrogens is 325 g/mol. The predicted molar refractivity (Wildman–Crippen MR) is 74.4 cm³/mol. The van der Waals surface area contributed by atoms with Crippen molar-refractivity contribution in [1.82, 2.24) is 4.90 Å². The Morgan fingerprint density at radius 2 is 1.80 bits per heavy atom. The Kier molecular flexibility index (Phi) is 7.36. The Morgan fingerprint density at radius 3 is 2.07 bits per heavy atom. The molecule has 0 N–H and O–H groups in total. The van der Waals surface area contributed by atoms with Gasteiger partial charge >= 0.3 is 0 Å². The molecule has 0 saturated carbocycles. The van der Waals surface area contributed by atoms with Gasteiger partial charge in [-0.2, -0.15) is 0 Å². The molecule has 0 bridgehead atoms. The summed E-state index contributed by atoms with van der Waals surface area (Å²) in [5.41, 5.74) is 0. The number of sulfone groups is 1. The summed E-state index contributed by atoms with van der Waals surface area (Å²) >= 11 is 2.29. The Labute approximate surface area is 108 Å². The number of hydrogen-bond donors (Lipinski definition) is 0. The molecule has 0 saturated heterocycles. The molecular formula is C10H22INO2S. The maximum atomic E-state index is 11.3. The number of halogens is 1. The van der Waals surface area contributed by atoms with Crippen LogP contribution in [0, 0.1) is 11.8 Å². The summed E-state index contributed by atoms with van der Waals surface area (Å²) in [6.45, 7) is 3.11. The molecule has 0 rings (SSSR count). The summed E-state index contributed by atoms with van der Waals surface area (Å²) in [5.74, 6) is 1.09. The van der Waals surface area contributed by atoms with Crippen LogP contribution in [0.4, 0.5) is 0 Å². The lowest BCUT2D eigenvalue weighted by molar-refractivity contribution is 0.268. The van der Waals surface area contributed by atoms with E-state index in [1.807, 2.05) is 14.1 Å². The van der Waals surface area contributed by atoms with Crippen molar-refractivity contribution >= 4 is 32.4 Å². The number of hydrogen-bond acceptors (Lipinski definition) is 3. The van der Waals surface area contributed by atoms with Gasteiger partial charge in [-0.05, 0) is 25.9 Å². The molecule has 0 amide bonds. The minimum absolute atomic E-state index is 0.285. The van der Waals surface area contributed by atoms with E-state index >= 15 is 0 Å². The van der Waals surface area contributed by atoms with E-state index in [1.54, 1.807) is 0 Å². The third-order valence-corrected chi connectivity index (χ3v) is 4.67. The average molecular weight is 347 g/mol. The van der Waals surface area contributed by atoms with E-state index < -0.39 is 9.84 Å². The fourth-order valence-electron chi connectivity index (χ4n) is 1.78. The van der Waals surface area contributed by atoms with Crippen molar-refractivity contribution in [3.05, 3.63) is 0 Å². The van der Waals surface area contributed by atoms with Gasteiger partial charge in [-0.25, -0.2) is 8.42 Å². The molecule has 0 aromatic carbocycles. The van der Waals surface area contributed by atoms with Gasteiger partial charge in [0.25, 0.3) is 0 Å². The zero-order valence-electron chi connectivity index (χ0n) is 10.0. The molecule has 0 heterocycles. The minimum Gasteiger partial charge on any atom is -0.309 e. The van der Waals surface area contributed by atoms with Crippen LogP contribution in [0.15, 0.2) is 0 Å². The quantitative estimate of drug-likeness (QED) is 0.519. The molecule has 3 nitrogen and oxygen atoms in total. The van der Waals surface area contributed by atoms with Crippen molar-refractivity contribution in [3.63, 3.8) is 0 Å². The van der Waals surface area contributed by atoms with Crippen molar-refractivity contribution in [3.8, 4) is 0 Å². The van der Waals surface area contributed by atoms with Crippen molar-refractivity contribution in [2.75, 3.05) is 37.1 Å². The molecule has 0 aliphatic carbocycles. The van der Waals surface area contributed by atoms with Crippen LogP contribution in [0.1, 0.15) is 13.3 Å². The van der Waals surface area contributed by atoms with Crippen LogP contribution >= 0.6 is 22.6 Å². The fourth-order valence-corrected chi connectivity index (χ4v) is 4.40. The Balaban J connectivity index is 4.47. The Bertz CT molecular complexity index is 265. The highest BCUT2D eigenvalue weighted by Gasteiger charge is 2.23. The molecule has 0 fully saturated rings. The highest BCUT2D eigenvalue weighted by Crippen LogP contribution is 2.21. The highest BCUT2D eigenvalue weighted by atomic mass is 127. The third kappa shape index (κ3) is 7.52. The summed E-state index contributed by atoms with van der Waals surface area (Å²) in [6, 6.07) is 0. The van der Waals surface area contributed by atoms with Crippen molar-refractivity contribution in [2.24, 2.45) is 11.8 Å². The number of rotatable bonds is 7. The normalized spacial score (nSPS) is 16.7. The average Bonchev–Trinajstić information content (AvgIpc) is 2.08. The van der Waals surface area contributed by atoms with Gasteiger partial charge in [-0.1, -0.05) is 35.9 Å². The minimum atomic E-state index is -2.85. The van der Waals surface area contributed by atoms with E-state index in [2.05, 4.69) is 34.4 Å². The maximum Gasteiger partial charge on any atom is 0.147 e. The molecule has 0 aliphatic heterocycles. The molecule has 0 spiro atoms. The largest absolute Gasteiger partial charge is 0.309 e. The van der Waals surface area contributed by atoms with E-state index in [0.717, 1.165) is 17.4 Å². The first-order valence-corrected chi connectivity index (χ1v) is 8.77. The third-order valence-electron chi connectivity index (χ3n) is 2.51. The molecule has 0 aliphatic rings. The molecule has 92 valence electrons. The second kappa shape index (κ2) is 7.06. The summed E-state index contributed by atoms with van der Waals surface area (Å²) < 4.78 is 23.5. The summed E-state index contributed by atoms with van der Waals surface area (Å²) in [6.07, 6.45) is 2.37. The Hall–Kier alpha value is 0.640. The first-order chi connectivity index (χ1) is 6.80. The van der Waals surface area contributed by atoms with E-state index in [0.29, 0.717) is 11.7 Å². The molecule has 2 unspecified atom stereocenters.